The molecule has 2 rings (SSSR count). The van der Waals surface area contributed by atoms with Gasteiger partial charge in [0.25, 0.3) is 0 Å². The average Bonchev–Trinajstić information content (AvgIpc) is 2.56. The molecule has 0 saturated carbocycles. The minimum Gasteiger partial charge on any atom is -0.325 e. The molecule has 0 aromatic carbocycles. The first-order valence-electron chi connectivity index (χ1n) is 5.11. The van der Waals surface area contributed by atoms with Gasteiger partial charge in [-0.1, -0.05) is 0 Å². The maximum atomic E-state index is 5.77. The van der Waals surface area contributed by atoms with E-state index in [9.17, 15) is 0 Å². The molecule has 0 N–H and O–H groups in total. The molecule has 4 heteroatoms. The molecule has 0 amide bonds. The van der Waals surface area contributed by atoms with Crippen molar-refractivity contribution >= 4 is 22.6 Å². The maximum Gasteiger partial charge on any atom is 0.111 e. The number of nitrogens with zero attached hydrogens (tertiary/aromatic N) is 3. The van der Waals surface area contributed by atoms with Gasteiger partial charge in [0.1, 0.15) is 11.3 Å². The van der Waals surface area contributed by atoms with E-state index in [2.05, 4.69) is 28.4 Å². The normalized spacial score (nSPS) is 11.5. The lowest BCUT2D eigenvalue weighted by Gasteiger charge is -2.11. The van der Waals surface area contributed by atoms with Crippen LogP contribution in [0.3, 0.4) is 0 Å². The predicted molar refractivity (Wildman–Crippen MR) is 62.3 cm³/mol. The number of alkyl halides is 1. The van der Waals surface area contributed by atoms with Crippen LogP contribution in [0.25, 0.3) is 11.0 Å². The Morgan fingerprint density at radius 1 is 1.47 bits per heavy atom. The Morgan fingerprint density at radius 2 is 2.27 bits per heavy atom. The van der Waals surface area contributed by atoms with E-state index in [1.54, 1.807) is 12.4 Å². The van der Waals surface area contributed by atoms with Gasteiger partial charge < -0.3 is 4.57 Å². The van der Waals surface area contributed by atoms with E-state index in [4.69, 9.17) is 11.6 Å². The second-order valence-corrected chi connectivity index (χ2v) is 4.17. The van der Waals surface area contributed by atoms with Crippen LogP contribution in [-0.4, -0.2) is 20.4 Å². The summed E-state index contributed by atoms with van der Waals surface area (Å²) in [5.74, 6) is 1.65. The molecule has 0 aliphatic carbocycles. The molecular weight excluding hydrogens is 210 g/mol. The summed E-state index contributed by atoms with van der Waals surface area (Å²) >= 11 is 5.77. The Morgan fingerprint density at radius 3 is 2.93 bits per heavy atom. The summed E-state index contributed by atoms with van der Waals surface area (Å²) in [5.41, 5.74) is 2.09. The second-order valence-electron chi connectivity index (χ2n) is 3.80. The molecule has 2 heterocycles. The zero-order valence-electron chi connectivity index (χ0n) is 8.94. The fourth-order valence-corrected chi connectivity index (χ4v) is 2.01. The van der Waals surface area contributed by atoms with Crippen LogP contribution >= 0.6 is 11.6 Å². The molecule has 0 radical (unpaired) electrons. The molecule has 0 saturated heterocycles. The SMILES string of the molecule is CC(C)n1c(CCCl)nc2cnccc21. The Kier molecular flexibility index (Phi) is 2.91. The highest BCUT2D eigenvalue weighted by Crippen LogP contribution is 2.20. The lowest BCUT2D eigenvalue weighted by Crippen LogP contribution is -2.06. The van der Waals surface area contributed by atoms with Gasteiger partial charge in [-0.25, -0.2) is 4.98 Å². The molecule has 0 atom stereocenters. The molecule has 0 bridgehead atoms. The van der Waals surface area contributed by atoms with E-state index in [-0.39, 0.29) is 0 Å². The van der Waals surface area contributed by atoms with Crippen LogP contribution in [0.15, 0.2) is 18.5 Å². The third kappa shape index (κ3) is 1.84. The molecule has 0 unspecified atom stereocenters. The Balaban J connectivity index is 2.63. The van der Waals surface area contributed by atoms with Gasteiger partial charge in [-0.15, -0.1) is 11.6 Å². The molecule has 3 nitrogen and oxygen atoms in total. The van der Waals surface area contributed by atoms with E-state index in [1.165, 1.54) is 0 Å². The largest absolute Gasteiger partial charge is 0.325 e. The molecule has 80 valence electrons. The molecule has 0 aliphatic rings. The van der Waals surface area contributed by atoms with Crippen molar-refractivity contribution in [2.75, 3.05) is 5.88 Å². The van der Waals surface area contributed by atoms with Crippen LogP contribution < -0.4 is 0 Å². The molecule has 2 aromatic rings. The smallest absolute Gasteiger partial charge is 0.111 e. The summed E-state index contributed by atoms with van der Waals surface area (Å²) in [6.45, 7) is 4.30. The Hall–Kier alpha value is -1.09. The zero-order chi connectivity index (χ0) is 10.8. The lowest BCUT2D eigenvalue weighted by molar-refractivity contribution is 0.588. The third-order valence-corrected chi connectivity index (χ3v) is 2.59. The highest BCUT2D eigenvalue weighted by molar-refractivity contribution is 6.17. The van der Waals surface area contributed by atoms with E-state index in [0.29, 0.717) is 11.9 Å². The summed E-state index contributed by atoms with van der Waals surface area (Å²) < 4.78 is 2.22. The number of aryl methyl sites for hydroxylation is 1. The minimum absolute atomic E-state index is 0.399. The van der Waals surface area contributed by atoms with E-state index in [0.717, 1.165) is 23.3 Å². The third-order valence-electron chi connectivity index (χ3n) is 2.40. The van der Waals surface area contributed by atoms with Crippen LogP contribution in [-0.2, 0) is 6.42 Å². The van der Waals surface area contributed by atoms with Crippen LogP contribution in [0.1, 0.15) is 25.7 Å². The van der Waals surface area contributed by atoms with Crippen molar-refractivity contribution in [3.05, 3.63) is 24.3 Å². The summed E-state index contributed by atoms with van der Waals surface area (Å²) in [4.78, 5) is 8.62. The van der Waals surface area contributed by atoms with Crippen LogP contribution in [0, 0.1) is 0 Å². The first-order chi connectivity index (χ1) is 7.24. The number of aromatic nitrogens is 3. The second kappa shape index (κ2) is 4.19. The van der Waals surface area contributed by atoms with E-state index < -0.39 is 0 Å². The predicted octanol–water partition coefficient (Wildman–Crippen LogP) is 2.79. The van der Waals surface area contributed by atoms with Crippen molar-refractivity contribution < 1.29 is 0 Å². The van der Waals surface area contributed by atoms with Gasteiger partial charge in [0.15, 0.2) is 0 Å². The number of pyridine rings is 1. The van der Waals surface area contributed by atoms with Gasteiger partial charge in [-0.05, 0) is 19.9 Å². The van der Waals surface area contributed by atoms with Gasteiger partial charge in [0.05, 0.1) is 11.7 Å². The highest BCUT2D eigenvalue weighted by Gasteiger charge is 2.11. The lowest BCUT2D eigenvalue weighted by atomic mass is 10.3. The average molecular weight is 224 g/mol. The number of hydrogen-bond acceptors (Lipinski definition) is 2. The van der Waals surface area contributed by atoms with Gasteiger partial charge in [-0.2, -0.15) is 0 Å². The monoisotopic (exact) mass is 223 g/mol. The summed E-state index contributed by atoms with van der Waals surface area (Å²) in [6.07, 6.45) is 4.40. The molecule has 15 heavy (non-hydrogen) atoms. The zero-order valence-corrected chi connectivity index (χ0v) is 9.70. The summed E-state index contributed by atoms with van der Waals surface area (Å²) in [7, 11) is 0. The van der Waals surface area contributed by atoms with E-state index in [1.807, 2.05) is 6.07 Å². The molecule has 2 aromatic heterocycles. The quantitative estimate of drug-likeness (QED) is 0.750. The number of fused-ring (bicyclic) bond motifs is 1. The summed E-state index contributed by atoms with van der Waals surface area (Å²) in [6, 6.07) is 2.40. The Labute approximate surface area is 94.1 Å². The van der Waals surface area contributed by atoms with E-state index >= 15 is 0 Å². The van der Waals surface area contributed by atoms with Gasteiger partial charge >= 0.3 is 0 Å². The maximum absolute atomic E-state index is 5.77. The summed E-state index contributed by atoms with van der Waals surface area (Å²) in [5, 5.41) is 0. The van der Waals surface area contributed by atoms with Crippen molar-refractivity contribution in [2.24, 2.45) is 0 Å². The van der Waals surface area contributed by atoms with Crippen LogP contribution in [0.2, 0.25) is 0 Å². The van der Waals surface area contributed by atoms with Gasteiger partial charge in [-0.3, -0.25) is 4.98 Å². The topological polar surface area (TPSA) is 30.7 Å². The first kappa shape index (κ1) is 10.4. The molecule has 0 fully saturated rings. The van der Waals surface area contributed by atoms with Crippen LogP contribution in [0.5, 0.6) is 0 Å². The molecular formula is C11H14ClN3. The molecule has 0 spiro atoms. The number of hydrogen-bond donors (Lipinski definition) is 0. The van der Waals surface area contributed by atoms with Gasteiger partial charge in [0.2, 0.25) is 0 Å². The van der Waals surface area contributed by atoms with Crippen molar-refractivity contribution in [2.45, 2.75) is 26.3 Å². The van der Waals surface area contributed by atoms with Crippen molar-refractivity contribution in [1.82, 2.24) is 14.5 Å². The fraction of sp³-hybridized carbons (Fsp3) is 0.455. The fourth-order valence-electron chi connectivity index (χ4n) is 1.84. The first-order valence-corrected chi connectivity index (χ1v) is 5.64. The standard InChI is InChI=1S/C11H14ClN3/c1-8(2)15-10-4-6-13-7-9(10)14-11(15)3-5-12/h4,6-8H,3,5H2,1-2H3. The minimum atomic E-state index is 0.399. The van der Waals surface area contributed by atoms with Crippen LogP contribution in [0.4, 0.5) is 0 Å². The Bertz CT molecular complexity index is 462. The van der Waals surface area contributed by atoms with Crippen molar-refractivity contribution in [3.8, 4) is 0 Å². The number of imidazole rings is 1. The van der Waals surface area contributed by atoms with Crippen molar-refractivity contribution in [1.29, 1.82) is 0 Å². The highest BCUT2D eigenvalue weighted by atomic mass is 35.5. The number of halogens is 1. The van der Waals surface area contributed by atoms with Crippen molar-refractivity contribution in [3.63, 3.8) is 0 Å². The number of rotatable bonds is 3. The molecule has 0 aliphatic heterocycles. The van der Waals surface area contributed by atoms with Gasteiger partial charge in [0, 0.05) is 24.5 Å².